The molecule has 11 nitrogen and oxygen atoms in total. The van der Waals surface area contributed by atoms with Gasteiger partial charge in [0.1, 0.15) is 11.6 Å². The second kappa shape index (κ2) is 15.0. The largest absolute Gasteiger partial charge is 0.514 e. The number of rotatable bonds is 14. The highest BCUT2D eigenvalue weighted by Crippen LogP contribution is 2.31. The van der Waals surface area contributed by atoms with Gasteiger partial charge in [0.15, 0.2) is 11.5 Å². The van der Waals surface area contributed by atoms with Crippen LogP contribution in [0.15, 0.2) is 18.2 Å². The molecule has 0 spiro atoms. The van der Waals surface area contributed by atoms with Gasteiger partial charge in [-0.1, -0.05) is 25.8 Å². The fraction of sp³-hybridized carbons (Fsp3) is 0.615. The smallest absolute Gasteiger partial charge is 0.480 e. The molecule has 3 N–H and O–H groups in total. The zero-order chi connectivity index (χ0) is 28.2. The van der Waals surface area contributed by atoms with Gasteiger partial charge in [-0.3, -0.25) is 9.59 Å². The van der Waals surface area contributed by atoms with Crippen LogP contribution >= 0.6 is 0 Å². The van der Waals surface area contributed by atoms with Crippen LogP contribution < -0.4 is 15.2 Å². The normalized spacial score (nSPS) is 13.4. The number of benzene rings is 1. The monoisotopic (exact) mass is 525 g/mol. The van der Waals surface area contributed by atoms with Gasteiger partial charge in [0, 0.05) is 19.3 Å². The summed E-state index contributed by atoms with van der Waals surface area (Å²) in [5, 5.41) is 9.86. The molecule has 0 saturated carbocycles. The first-order chi connectivity index (χ1) is 17.2. The Balaban J connectivity index is 3.11. The number of unbranched alkanes of at least 4 members (excludes halogenated alkanes) is 2. The van der Waals surface area contributed by atoms with Crippen LogP contribution in [-0.2, 0) is 30.2 Å². The van der Waals surface area contributed by atoms with Gasteiger partial charge in [0.05, 0.1) is 12.2 Å². The van der Waals surface area contributed by atoms with Crippen LogP contribution in [0.5, 0.6) is 11.5 Å². The molecule has 1 aromatic rings. The van der Waals surface area contributed by atoms with E-state index in [-0.39, 0.29) is 30.8 Å². The molecule has 1 rings (SSSR count). The van der Waals surface area contributed by atoms with E-state index < -0.39 is 48.1 Å². The van der Waals surface area contributed by atoms with Crippen molar-refractivity contribution in [1.82, 2.24) is 0 Å². The number of hydrogen-bond acceptors (Lipinski definition) is 10. The van der Waals surface area contributed by atoms with Crippen LogP contribution in [0.4, 0.5) is 9.59 Å². The third kappa shape index (κ3) is 12.0. The number of hydrogen-bond donors (Lipinski definition) is 2. The lowest BCUT2D eigenvalue weighted by molar-refractivity contribution is -0.153. The summed E-state index contributed by atoms with van der Waals surface area (Å²) in [5.74, 6) is -2.04. The van der Waals surface area contributed by atoms with Gasteiger partial charge >= 0.3 is 24.2 Å². The first-order valence-corrected chi connectivity index (χ1v) is 12.4. The van der Waals surface area contributed by atoms with E-state index in [2.05, 4.69) is 0 Å². The van der Waals surface area contributed by atoms with Crippen LogP contribution in [0.25, 0.3) is 0 Å². The lowest BCUT2D eigenvalue weighted by Gasteiger charge is -2.28. The van der Waals surface area contributed by atoms with Crippen LogP contribution in [0.2, 0.25) is 0 Å². The quantitative estimate of drug-likeness (QED) is 0.149. The summed E-state index contributed by atoms with van der Waals surface area (Å²) < 4.78 is 25.6. The minimum atomic E-state index is -1.81. The molecule has 0 fully saturated rings. The number of nitrogens with two attached hydrogens (primary N) is 1. The minimum absolute atomic E-state index is 0.137. The Morgan fingerprint density at radius 1 is 0.892 bits per heavy atom. The third-order valence-electron chi connectivity index (χ3n) is 4.97. The standard InChI is InChI=1S/C26H39NO10/c1-7-8-9-10-22(28)35-18(6)14-26(27,23(29)30)15-19-11-12-20(36-24(31)33-16(2)3)21(13-19)37-25(32)34-17(4)5/h11-13,16-18H,7-10,14-15,27H2,1-6H3,(H,29,30)/t18-,26?/m0/s1. The number of carbonyl (C=O) groups excluding carboxylic acids is 3. The number of esters is 1. The van der Waals surface area contributed by atoms with Gasteiger partial charge in [0.2, 0.25) is 0 Å². The molecule has 208 valence electrons. The second-order valence-electron chi connectivity index (χ2n) is 9.42. The highest BCUT2D eigenvalue weighted by Gasteiger charge is 2.37. The molecular weight excluding hydrogens is 486 g/mol. The molecule has 0 amide bonds. The SMILES string of the molecule is CCCCCC(=O)O[C@@H](C)CC(N)(Cc1ccc(OC(=O)OC(C)C)c(OC(=O)OC(C)C)c1)C(=O)O. The number of ether oxygens (including phenoxy) is 5. The molecule has 37 heavy (non-hydrogen) atoms. The number of aliphatic carboxylic acids is 1. The van der Waals surface area contributed by atoms with Crippen LogP contribution in [-0.4, -0.2) is 53.2 Å². The highest BCUT2D eigenvalue weighted by atomic mass is 16.7. The summed E-state index contributed by atoms with van der Waals surface area (Å²) in [6.45, 7) is 10.1. The molecule has 11 heteroatoms. The molecule has 0 aliphatic rings. The van der Waals surface area contributed by atoms with Gasteiger partial charge in [-0.25, -0.2) is 9.59 Å². The summed E-state index contributed by atoms with van der Waals surface area (Å²) in [7, 11) is 0. The molecule has 0 aromatic heterocycles. The number of carbonyl (C=O) groups is 4. The van der Waals surface area contributed by atoms with E-state index in [9.17, 15) is 24.3 Å². The fourth-order valence-corrected chi connectivity index (χ4v) is 3.40. The van der Waals surface area contributed by atoms with Gasteiger partial charge in [-0.15, -0.1) is 0 Å². The van der Waals surface area contributed by atoms with Crippen LogP contribution in [0, 0.1) is 0 Å². The summed E-state index contributed by atoms with van der Waals surface area (Å²) in [5.41, 5.74) is 4.79. The lowest BCUT2D eigenvalue weighted by atomic mass is 9.86. The summed E-state index contributed by atoms with van der Waals surface area (Å²) in [4.78, 5) is 48.2. The molecule has 0 saturated heterocycles. The maximum Gasteiger partial charge on any atom is 0.514 e. The van der Waals surface area contributed by atoms with Crippen molar-refractivity contribution in [2.75, 3.05) is 0 Å². The van der Waals surface area contributed by atoms with Crippen molar-refractivity contribution in [2.24, 2.45) is 5.73 Å². The third-order valence-corrected chi connectivity index (χ3v) is 4.97. The van der Waals surface area contributed by atoms with Crippen LogP contribution in [0.3, 0.4) is 0 Å². The predicted molar refractivity (Wildman–Crippen MR) is 134 cm³/mol. The van der Waals surface area contributed by atoms with Crippen LogP contribution in [0.1, 0.15) is 79.2 Å². The molecule has 1 aromatic carbocycles. The van der Waals surface area contributed by atoms with E-state index in [0.717, 1.165) is 12.8 Å². The Morgan fingerprint density at radius 2 is 1.46 bits per heavy atom. The van der Waals surface area contributed by atoms with Gasteiger partial charge < -0.3 is 34.5 Å². The van der Waals surface area contributed by atoms with Gasteiger partial charge in [-0.2, -0.15) is 0 Å². The zero-order valence-electron chi connectivity index (χ0n) is 22.4. The van der Waals surface area contributed by atoms with Crippen molar-refractivity contribution in [3.8, 4) is 11.5 Å². The van der Waals surface area contributed by atoms with E-state index in [1.54, 1.807) is 34.6 Å². The lowest BCUT2D eigenvalue weighted by Crippen LogP contribution is -2.52. The predicted octanol–water partition coefficient (Wildman–Crippen LogP) is 4.76. The fourth-order valence-electron chi connectivity index (χ4n) is 3.40. The minimum Gasteiger partial charge on any atom is -0.480 e. The maximum atomic E-state index is 12.1. The molecule has 2 atom stereocenters. The van der Waals surface area contributed by atoms with Crippen molar-refractivity contribution in [2.45, 2.75) is 104 Å². The molecule has 1 unspecified atom stereocenters. The summed E-state index contributed by atoms with van der Waals surface area (Å²) in [6, 6.07) is 4.13. The number of carboxylic acids is 1. The number of carboxylic acid groups (broad SMARTS) is 1. The van der Waals surface area contributed by atoms with Gasteiger partial charge in [-0.05, 0) is 58.7 Å². The Labute approximate surface area is 217 Å². The van der Waals surface area contributed by atoms with E-state index in [1.807, 2.05) is 6.92 Å². The Bertz CT molecular complexity index is 930. The summed E-state index contributed by atoms with van der Waals surface area (Å²) in [6.07, 6.45) is -1.31. The Hall–Kier alpha value is -3.34. The first-order valence-electron chi connectivity index (χ1n) is 12.4. The zero-order valence-corrected chi connectivity index (χ0v) is 22.4. The molecular formula is C26H39NO10. The average Bonchev–Trinajstić information content (AvgIpc) is 2.74. The van der Waals surface area contributed by atoms with E-state index in [0.29, 0.717) is 12.0 Å². The molecule has 0 heterocycles. The van der Waals surface area contributed by atoms with Crippen molar-refractivity contribution in [3.05, 3.63) is 23.8 Å². The Morgan fingerprint density at radius 3 is 1.97 bits per heavy atom. The summed E-state index contributed by atoms with van der Waals surface area (Å²) >= 11 is 0. The average molecular weight is 526 g/mol. The molecule has 0 aliphatic heterocycles. The molecule has 0 aliphatic carbocycles. The van der Waals surface area contributed by atoms with E-state index >= 15 is 0 Å². The van der Waals surface area contributed by atoms with Crippen molar-refractivity contribution < 1.29 is 48.0 Å². The maximum absolute atomic E-state index is 12.1. The van der Waals surface area contributed by atoms with Crippen molar-refractivity contribution >= 4 is 24.2 Å². The van der Waals surface area contributed by atoms with E-state index in [4.69, 9.17) is 29.4 Å². The van der Waals surface area contributed by atoms with E-state index in [1.165, 1.54) is 18.2 Å². The van der Waals surface area contributed by atoms with Crippen molar-refractivity contribution in [1.29, 1.82) is 0 Å². The topological polar surface area (TPSA) is 161 Å². The highest BCUT2D eigenvalue weighted by molar-refractivity contribution is 5.79. The van der Waals surface area contributed by atoms with Gasteiger partial charge in [0.25, 0.3) is 0 Å². The second-order valence-corrected chi connectivity index (χ2v) is 9.42. The van der Waals surface area contributed by atoms with Crippen molar-refractivity contribution in [3.63, 3.8) is 0 Å². The first kappa shape index (κ1) is 31.7. The molecule has 0 radical (unpaired) electrons. The molecule has 0 bridgehead atoms. The Kier molecular flexibility index (Phi) is 12.9.